The first-order valence-electron chi connectivity index (χ1n) is 8.51. The van der Waals surface area contributed by atoms with Gasteiger partial charge in [-0.3, -0.25) is 4.79 Å². The van der Waals surface area contributed by atoms with Crippen molar-refractivity contribution in [3.05, 3.63) is 34.8 Å². The topological polar surface area (TPSA) is 45.8 Å². The first kappa shape index (κ1) is 19.0. The maximum absolute atomic E-state index is 11.1. The summed E-state index contributed by atoms with van der Waals surface area (Å²) in [6, 6.07) is 1.45. The van der Waals surface area contributed by atoms with Crippen LogP contribution in [0.2, 0.25) is 0 Å². The van der Waals surface area contributed by atoms with E-state index in [1.165, 1.54) is 75.8 Å². The molecule has 22 heavy (non-hydrogen) atoms. The van der Waals surface area contributed by atoms with Crippen LogP contribution < -0.4 is 5.56 Å². The van der Waals surface area contributed by atoms with Crippen molar-refractivity contribution in [1.29, 1.82) is 0 Å². The molecule has 0 amide bonds. The van der Waals surface area contributed by atoms with Crippen LogP contribution in [-0.2, 0) is 0 Å². The molecule has 0 saturated heterocycles. The molecule has 0 bridgehead atoms. The summed E-state index contributed by atoms with van der Waals surface area (Å²) in [5, 5.41) is 0.738. The summed E-state index contributed by atoms with van der Waals surface area (Å²) >= 11 is 1.64. The van der Waals surface area contributed by atoms with Crippen molar-refractivity contribution < 1.29 is 0 Å². The van der Waals surface area contributed by atoms with E-state index in [1.807, 2.05) is 0 Å². The highest BCUT2D eigenvalue weighted by Crippen LogP contribution is 2.15. The monoisotopic (exact) mass is 322 g/mol. The molecule has 3 nitrogen and oxygen atoms in total. The van der Waals surface area contributed by atoms with Crippen LogP contribution in [0.3, 0.4) is 0 Å². The zero-order valence-electron chi connectivity index (χ0n) is 13.9. The fourth-order valence-corrected chi connectivity index (χ4v) is 3.21. The quantitative estimate of drug-likeness (QED) is 0.231. The van der Waals surface area contributed by atoms with Crippen LogP contribution in [0.25, 0.3) is 0 Å². The van der Waals surface area contributed by atoms with E-state index in [1.54, 1.807) is 18.0 Å². The van der Waals surface area contributed by atoms with Gasteiger partial charge in [0.05, 0.1) is 0 Å². The van der Waals surface area contributed by atoms with Crippen LogP contribution in [-0.4, -0.2) is 15.7 Å². The third-order valence-electron chi connectivity index (χ3n) is 3.63. The average Bonchev–Trinajstić information content (AvgIpc) is 2.48. The third-order valence-corrected chi connectivity index (χ3v) is 4.61. The van der Waals surface area contributed by atoms with E-state index in [9.17, 15) is 4.79 Å². The molecule has 1 heterocycles. The number of thioether (sulfide) groups is 1. The van der Waals surface area contributed by atoms with Crippen molar-refractivity contribution in [1.82, 2.24) is 9.97 Å². The van der Waals surface area contributed by atoms with Crippen LogP contribution in [0, 0.1) is 0 Å². The minimum atomic E-state index is -0.0687. The summed E-state index contributed by atoms with van der Waals surface area (Å²) in [7, 11) is 0. The fourth-order valence-electron chi connectivity index (χ4n) is 2.36. The van der Waals surface area contributed by atoms with Gasteiger partial charge in [0.25, 0.3) is 5.56 Å². The number of nitrogens with zero attached hydrogens (tertiary/aromatic N) is 1. The molecule has 1 aromatic heterocycles. The minimum Gasteiger partial charge on any atom is -0.301 e. The Kier molecular flexibility index (Phi) is 10.8. The van der Waals surface area contributed by atoms with Crippen LogP contribution in [0.5, 0.6) is 0 Å². The standard InChI is InChI=1S/C18H30N2OS/c1-16(2)12-10-8-6-4-3-5-7-9-11-15-22-18-19-14-13-17(21)20-18/h13-14H,1,3-12,15H2,2H3,(H,19,20,21). The van der Waals surface area contributed by atoms with Gasteiger partial charge in [0.1, 0.15) is 0 Å². The smallest absolute Gasteiger partial charge is 0.251 e. The number of aromatic nitrogens is 2. The summed E-state index contributed by atoms with van der Waals surface area (Å²) in [6.07, 6.45) is 14.7. The van der Waals surface area contributed by atoms with Crippen LogP contribution in [0.1, 0.15) is 71.1 Å². The largest absolute Gasteiger partial charge is 0.301 e. The number of hydrogen-bond donors (Lipinski definition) is 1. The highest BCUT2D eigenvalue weighted by Gasteiger charge is 1.97. The number of rotatable bonds is 13. The van der Waals surface area contributed by atoms with Gasteiger partial charge in [0.15, 0.2) is 5.16 Å². The predicted octanol–water partition coefficient (Wildman–Crippen LogP) is 5.34. The molecule has 0 aliphatic carbocycles. The Morgan fingerprint density at radius 2 is 1.68 bits per heavy atom. The van der Waals surface area contributed by atoms with E-state index < -0.39 is 0 Å². The highest BCUT2D eigenvalue weighted by atomic mass is 32.2. The van der Waals surface area contributed by atoms with E-state index in [-0.39, 0.29) is 5.56 Å². The molecule has 0 fully saturated rings. The summed E-state index contributed by atoms with van der Waals surface area (Å²) < 4.78 is 0. The van der Waals surface area contributed by atoms with Crippen molar-refractivity contribution >= 4 is 11.8 Å². The Morgan fingerprint density at radius 1 is 1.09 bits per heavy atom. The van der Waals surface area contributed by atoms with Crippen LogP contribution in [0.4, 0.5) is 0 Å². The average molecular weight is 323 g/mol. The van der Waals surface area contributed by atoms with Crippen LogP contribution >= 0.6 is 11.8 Å². The molecule has 0 aromatic carbocycles. The Morgan fingerprint density at radius 3 is 2.27 bits per heavy atom. The van der Waals surface area contributed by atoms with Gasteiger partial charge in [-0.15, -0.1) is 6.58 Å². The van der Waals surface area contributed by atoms with Crippen molar-refractivity contribution in [2.45, 2.75) is 76.3 Å². The molecule has 0 unspecified atom stereocenters. The Hall–Kier alpha value is -1.03. The summed E-state index contributed by atoms with van der Waals surface area (Å²) in [4.78, 5) is 18.0. The Balaban J connectivity index is 1.84. The molecule has 0 saturated carbocycles. The Labute approximate surface area is 139 Å². The normalized spacial score (nSPS) is 10.8. The molecule has 0 radical (unpaired) electrons. The van der Waals surface area contributed by atoms with E-state index >= 15 is 0 Å². The molecule has 1 rings (SSSR count). The number of unbranched alkanes of at least 4 members (excludes halogenated alkanes) is 8. The summed E-state index contributed by atoms with van der Waals surface area (Å²) in [6.45, 7) is 6.05. The molecular weight excluding hydrogens is 292 g/mol. The lowest BCUT2D eigenvalue weighted by Crippen LogP contribution is -2.05. The Bertz CT molecular complexity index is 470. The van der Waals surface area contributed by atoms with Crippen molar-refractivity contribution in [2.24, 2.45) is 0 Å². The van der Waals surface area contributed by atoms with E-state index in [2.05, 4.69) is 23.5 Å². The van der Waals surface area contributed by atoms with Gasteiger partial charge < -0.3 is 4.98 Å². The lowest BCUT2D eigenvalue weighted by molar-refractivity contribution is 0.565. The number of H-pyrrole nitrogens is 1. The van der Waals surface area contributed by atoms with Gasteiger partial charge in [-0.05, 0) is 26.2 Å². The molecule has 1 N–H and O–H groups in total. The number of allylic oxidation sites excluding steroid dienone is 1. The van der Waals surface area contributed by atoms with E-state index in [0.717, 1.165) is 10.9 Å². The first-order chi connectivity index (χ1) is 10.7. The van der Waals surface area contributed by atoms with Gasteiger partial charge in [-0.25, -0.2) is 4.98 Å². The number of nitrogens with one attached hydrogen (secondary N) is 1. The SMILES string of the molecule is C=C(C)CCCCCCCCCCCSc1nccc(=O)[nH]1. The minimum absolute atomic E-state index is 0.0687. The van der Waals surface area contributed by atoms with Gasteiger partial charge in [-0.2, -0.15) is 0 Å². The molecule has 4 heteroatoms. The van der Waals surface area contributed by atoms with Crippen molar-refractivity contribution in [2.75, 3.05) is 5.75 Å². The first-order valence-corrected chi connectivity index (χ1v) is 9.49. The zero-order chi connectivity index (χ0) is 16.0. The second kappa shape index (κ2) is 12.5. The van der Waals surface area contributed by atoms with Gasteiger partial charge in [-0.1, -0.05) is 62.3 Å². The molecule has 1 aromatic rings. The van der Waals surface area contributed by atoms with Crippen molar-refractivity contribution in [3.8, 4) is 0 Å². The molecule has 124 valence electrons. The van der Waals surface area contributed by atoms with E-state index in [4.69, 9.17) is 0 Å². The number of aromatic amines is 1. The van der Waals surface area contributed by atoms with Gasteiger partial charge >= 0.3 is 0 Å². The molecule has 0 aliphatic heterocycles. The fraction of sp³-hybridized carbons (Fsp3) is 0.667. The van der Waals surface area contributed by atoms with E-state index in [0.29, 0.717) is 0 Å². The second-order valence-corrected chi connectivity index (χ2v) is 7.06. The molecule has 0 atom stereocenters. The summed E-state index contributed by atoms with van der Waals surface area (Å²) in [5.41, 5.74) is 1.24. The maximum Gasteiger partial charge on any atom is 0.251 e. The lowest BCUT2D eigenvalue weighted by atomic mass is 10.1. The predicted molar refractivity (Wildman–Crippen MR) is 96.6 cm³/mol. The van der Waals surface area contributed by atoms with Gasteiger partial charge in [0.2, 0.25) is 0 Å². The maximum atomic E-state index is 11.1. The number of hydrogen-bond acceptors (Lipinski definition) is 3. The second-order valence-electron chi connectivity index (χ2n) is 5.98. The zero-order valence-corrected chi connectivity index (χ0v) is 14.7. The molecule has 0 aliphatic rings. The van der Waals surface area contributed by atoms with Crippen LogP contribution in [0.15, 0.2) is 34.4 Å². The third kappa shape index (κ3) is 10.7. The highest BCUT2D eigenvalue weighted by molar-refractivity contribution is 7.99. The summed E-state index contributed by atoms with van der Waals surface area (Å²) in [5.74, 6) is 1.04. The molecule has 0 spiro atoms. The van der Waals surface area contributed by atoms with Crippen molar-refractivity contribution in [3.63, 3.8) is 0 Å². The van der Waals surface area contributed by atoms with Gasteiger partial charge in [0, 0.05) is 18.0 Å². The molecular formula is C18H30N2OS. The lowest BCUT2D eigenvalue weighted by Gasteiger charge is -2.03.